The second kappa shape index (κ2) is 7.31. The van der Waals surface area contributed by atoms with Crippen LogP contribution in [0.5, 0.6) is 0 Å². The van der Waals surface area contributed by atoms with E-state index in [1.165, 1.54) is 0 Å². The van der Waals surface area contributed by atoms with Crippen LogP contribution in [0.25, 0.3) is 0 Å². The van der Waals surface area contributed by atoms with E-state index >= 15 is 0 Å². The molecule has 0 amide bonds. The SMILES string of the molecule is Cc1ccc(C(=O)C[C@H](SCCO)c2ccco2)cc1. The highest BCUT2D eigenvalue weighted by Crippen LogP contribution is 2.33. The number of benzene rings is 1. The number of hydrogen-bond donors (Lipinski definition) is 1. The highest BCUT2D eigenvalue weighted by atomic mass is 32.2. The first-order valence-electron chi connectivity index (χ1n) is 6.56. The normalized spacial score (nSPS) is 12.3. The van der Waals surface area contributed by atoms with Gasteiger partial charge in [0.1, 0.15) is 5.76 Å². The summed E-state index contributed by atoms with van der Waals surface area (Å²) in [7, 11) is 0. The van der Waals surface area contributed by atoms with Crippen molar-refractivity contribution in [3.05, 3.63) is 59.5 Å². The molecule has 1 atom stereocenters. The Labute approximate surface area is 123 Å². The fourth-order valence-corrected chi connectivity index (χ4v) is 2.89. The van der Waals surface area contributed by atoms with E-state index in [1.54, 1.807) is 18.0 Å². The van der Waals surface area contributed by atoms with Gasteiger partial charge in [0.05, 0.1) is 18.1 Å². The third-order valence-corrected chi connectivity index (χ3v) is 4.23. The Morgan fingerprint density at radius 1 is 1.30 bits per heavy atom. The Kier molecular flexibility index (Phi) is 5.44. The maximum absolute atomic E-state index is 12.3. The van der Waals surface area contributed by atoms with Crippen LogP contribution in [-0.2, 0) is 0 Å². The topological polar surface area (TPSA) is 50.4 Å². The molecule has 20 heavy (non-hydrogen) atoms. The molecular formula is C16H18O3S. The fourth-order valence-electron chi connectivity index (χ4n) is 1.94. The second-order valence-corrected chi connectivity index (χ2v) is 5.90. The summed E-state index contributed by atoms with van der Waals surface area (Å²) >= 11 is 1.54. The molecule has 0 bridgehead atoms. The Morgan fingerprint density at radius 2 is 2.05 bits per heavy atom. The third-order valence-electron chi connectivity index (χ3n) is 3.02. The van der Waals surface area contributed by atoms with E-state index in [-0.39, 0.29) is 17.6 Å². The molecule has 0 aliphatic rings. The van der Waals surface area contributed by atoms with Crippen molar-refractivity contribution < 1.29 is 14.3 Å². The summed E-state index contributed by atoms with van der Waals surface area (Å²) in [5, 5.41) is 8.91. The lowest BCUT2D eigenvalue weighted by molar-refractivity contribution is 0.0980. The molecule has 1 aromatic carbocycles. The predicted molar refractivity (Wildman–Crippen MR) is 81.1 cm³/mol. The molecule has 0 saturated carbocycles. The van der Waals surface area contributed by atoms with Crippen molar-refractivity contribution in [3.8, 4) is 0 Å². The maximum atomic E-state index is 12.3. The summed E-state index contributed by atoms with van der Waals surface area (Å²) in [5.41, 5.74) is 1.86. The number of aryl methyl sites for hydroxylation is 1. The van der Waals surface area contributed by atoms with E-state index in [4.69, 9.17) is 9.52 Å². The molecule has 106 valence electrons. The Hall–Kier alpha value is -1.52. The van der Waals surface area contributed by atoms with Crippen LogP contribution in [0.4, 0.5) is 0 Å². The number of aliphatic hydroxyl groups excluding tert-OH is 1. The minimum Gasteiger partial charge on any atom is -0.468 e. The standard InChI is InChI=1S/C16H18O3S/c1-12-4-6-13(7-5-12)14(18)11-16(20-10-8-17)15-3-2-9-19-15/h2-7,9,16-17H,8,10-11H2,1H3/t16-/m0/s1. The molecule has 2 rings (SSSR count). The van der Waals surface area contributed by atoms with Gasteiger partial charge in [0.15, 0.2) is 5.78 Å². The molecule has 0 aliphatic carbocycles. The number of Topliss-reactive ketones (excluding diaryl/α,β-unsaturated/α-hetero) is 1. The molecule has 0 saturated heterocycles. The van der Waals surface area contributed by atoms with Crippen LogP contribution in [0.3, 0.4) is 0 Å². The Balaban J connectivity index is 2.07. The van der Waals surface area contributed by atoms with Crippen LogP contribution in [0.2, 0.25) is 0 Å². The Bertz CT molecular complexity index is 531. The number of rotatable bonds is 7. The number of hydrogen-bond acceptors (Lipinski definition) is 4. The lowest BCUT2D eigenvalue weighted by atomic mass is 10.0. The van der Waals surface area contributed by atoms with Crippen molar-refractivity contribution in [1.29, 1.82) is 0 Å². The van der Waals surface area contributed by atoms with Crippen LogP contribution in [0, 0.1) is 6.92 Å². The smallest absolute Gasteiger partial charge is 0.164 e. The quantitative estimate of drug-likeness (QED) is 0.791. The molecule has 2 aromatic rings. The molecule has 0 aliphatic heterocycles. The van der Waals surface area contributed by atoms with Crippen molar-refractivity contribution in [3.63, 3.8) is 0 Å². The van der Waals surface area contributed by atoms with Crippen LogP contribution >= 0.6 is 11.8 Å². The zero-order chi connectivity index (χ0) is 14.4. The summed E-state index contributed by atoms with van der Waals surface area (Å²) in [6.45, 7) is 2.09. The first-order valence-corrected chi connectivity index (χ1v) is 7.61. The van der Waals surface area contributed by atoms with Crippen molar-refractivity contribution in [1.82, 2.24) is 0 Å². The first kappa shape index (κ1) is 14.9. The lowest BCUT2D eigenvalue weighted by Crippen LogP contribution is -2.06. The summed E-state index contributed by atoms with van der Waals surface area (Å²) in [4.78, 5) is 12.3. The second-order valence-electron chi connectivity index (χ2n) is 4.59. The largest absolute Gasteiger partial charge is 0.468 e. The van der Waals surface area contributed by atoms with Gasteiger partial charge in [-0.3, -0.25) is 4.79 Å². The summed E-state index contributed by atoms with van der Waals surface area (Å²) in [6.07, 6.45) is 1.99. The molecule has 1 heterocycles. The molecule has 0 radical (unpaired) electrons. The maximum Gasteiger partial charge on any atom is 0.164 e. The summed E-state index contributed by atoms with van der Waals surface area (Å²) in [5.74, 6) is 1.47. The van der Waals surface area contributed by atoms with Crippen molar-refractivity contribution in [2.75, 3.05) is 12.4 Å². The Morgan fingerprint density at radius 3 is 2.65 bits per heavy atom. The van der Waals surface area contributed by atoms with Gasteiger partial charge in [-0.25, -0.2) is 0 Å². The molecule has 3 nitrogen and oxygen atoms in total. The van der Waals surface area contributed by atoms with Crippen molar-refractivity contribution >= 4 is 17.5 Å². The van der Waals surface area contributed by atoms with E-state index in [0.29, 0.717) is 12.2 Å². The van der Waals surface area contributed by atoms with Crippen LogP contribution in [-0.4, -0.2) is 23.2 Å². The first-order chi connectivity index (χ1) is 9.70. The van der Waals surface area contributed by atoms with Crippen LogP contribution in [0.15, 0.2) is 47.1 Å². The van der Waals surface area contributed by atoms with E-state index in [0.717, 1.165) is 16.9 Å². The average Bonchev–Trinajstić information content (AvgIpc) is 2.98. The van der Waals surface area contributed by atoms with Gasteiger partial charge in [0.25, 0.3) is 0 Å². The van der Waals surface area contributed by atoms with Crippen molar-refractivity contribution in [2.45, 2.75) is 18.6 Å². The molecule has 1 aromatic heterocycles. The molecule has 0 spiro atoms. The van der Waals surface area contributed by atoms with Gasteiger partial charge in [-0.2, -0.15) is 0 Å². The highest BCUT2D eigenvalue weighted by Gasteiger charge is 2.19. The zero-order valence-corrected chi connectivity index (χ0v) is 12.2. The highest BCUT2D eigenvalue weighted by molar-refractivity contribution is 7.99. The average molecular weight is 290 g/mol. The number of carbonyl (C=O) groups excluding carboxylic acids is 1. The van der Waals surface area contributed by atoms with Gasteiger partial charge >= 0.3 is 0 Å². The minimum absolute atomic E-state index is 0.0500. The van der Waals surface area contributed by atoms with E-state index < -0.39 is 0 Å². The zero-order valence-electron chi connectivity index (χ0n) is 11.4. The summed E-state index contributed by atoms with van der Waals surface area (Å²) < 4.78 is 5.39. The van der Waals surface area contributed by atoms with Crippen LogP contribution in [0.1, 0.15) is 33.4 Å². The van der Waals surface area contributed by atoms with Gasteiger partial charge in [-0.05, 0) is 19.1 Å². The number of aliphatic hydroxyl groups is 1. The van der Waals surface area contributed by atoms with Crippen LogP contribution < -0.4 is 0 Å². The lowest BCUT2D eigenvalue weighted by Gasteiger charge is -2.13. The van der Waals surface area contributed by atoms with Gasteiger partial charge in [0, 0.05) is 17.7 Å². The van der Waals surface area contributed by atoms with E-state index in [1.807, 2.05) is 43.3 Å². The van der Waals surface area contributed by atoms with Gasteiger partial charge in [0.2, 0.25) is 0 Å². The molecule has 1 N–H and O–H groups in total. The van der Waals surface area contributed by atoms with Gasteiger partial charge in [-0.1, -0.05) is 29.8 Å². The molecule has 0 unspecified atom stereocenters. The molecular weight excluding hydrogens is 272 g/mol. The molecule has 0 fully saturated rings. The number of furan rings is 1. The monoisotopic (exact) mass is 290 g/mol. The summed E-state index contributed by atoms with van der Waals surface area (Å²) in [6, 6.07) is 11.3. The fraction of sp³-hybridized carbons (Fsp3) is 0.312. The number of carbonyl (C=O) groups is 1. The van der Waals surface area contributed by atoms with E-state index in [2.05, 4.69) is 0 Å². The third kappa shape index (κ3) is 3.99. The number of thioether (sulfide) groups is 1. The molecule has 4 heteroatoms. The van der Waals surface area contributed by atoms with Crippen molar-refractivity contribution in [2.24, 2.45) is 0 Å². The number of ketones is 1. The van der Waals surface area contributed by atoms with E-state index in [9.17, 15) is 4.79 Å². The van der Waals surface area contributed by atoms with Gasteiger partial charge in [-0.15, -0.1) is 11.8 Å². The van der Waals surface area contributed by atoms with Gasteiger partial charge < -0.3 is 9.52 Å². The minimum atomic E-state index is -0.0500. The predicted octanol–water partition coefficient (Wildman–Crippen LogP) is 3.63.